The van der Waals surface area contributed by atoms with E-state index >= 15 is 8.78 Å². The molecule has 10 heteroatoms. The number of nitrogens with zero attached hydrogens (tertiary/aromatic N) is 2. The van der Waals surface area contributed by atoms with Gasteiger partial charge in [0.1, 0.15) is 12.3 Å². The summed E-state index contributed by atoms with van der Waals surface area (Å²) >= 11 is 0. The standard InChI is InChI=1S/C32H26F2N2O6.C2H6/c1-39-31-17(15-37)9-11-27(35-31)41-29-21-7-3-5-19(23(21)13-25(29)33)20-6-4-8-22-24(20)14-26(34)30(22)42-28-12-10-18(16-38)32(36-28)40-2;1-2/h3-12,15-16,25-26,29-30H,13-14H2,1-2H3;1-2H3/t25-,26-,29+,30+;/m0./s1. The van der Waals surface area contributed by atoms with Gasteiger partial charge in [-0.05, 0) is 45.5 Å². The third-order valence-electron chi connectivity index (χ3n) is 7.65. The van der Waals surface area contributed by atoms with Crippen molar-refractivity contribution in [2.24, 2.45) is 0 Å². The van der Waals surface area contributed by atoms with Gasteiger partial charge in [0.25, 0.3) is 0 Å². The molecular formula is C34H32F2N2O6. The van der Waals surface area contributed by atoms with Gasteiger partial charge in [-0.25, -0.2) is 8.78 Å². The lowest BCUT2D eigenvalue weighted by atomic mass is 9.91. The van der Waals surface area contributed by atoms with Gasteiger partial charge < -0.3 is 18.9 Å². The van der Waals surface area contributed by atoms with E-state index in [1.165, 1.54) is 38.5 Å². The van der Waals surface area contributed by atoms with Crippen molar-refractivity contribution in [3.63, 3.8) is 0 Å². The zero-order valence-electron chi connectivity index (χ0n) is 24.8. The summed E-state index contributed by atoms with van der Waals surface area (Å²) in [6.07, 6.45) is -3.08. The average Bonchev–Trinajstić information content (AvgIpc) is 3.56. The summed E-state index contributed by atoms with van der Waals surface area (Å²) in [4.78, 5) is 30.8. The number of carbonyl (C=O) groups is 2. The highest BCUT2D eigenvalue weighted by Gasteiger charge is 2.39. The molecule has 0 amide bonds. The number of benzene rings is 2. The highest BCUT2D eigenvalue weighted by atomic mass is 19.1. The number of halogens is 2. The second-order valence-electron chi connectivity index (χ2n) is 10.00. The quantitative estimate of drug-likeness (QED) is 0.192. The first-order valence-electron chi connectivity index (χ1n) is 14.3. The number of rotatable bonds is 9. The number of fused-ring (bicyclic) bond motifs is 2. The van der Waals surface area contributed by atoms with Gasteiger partial charge in [-0.3, -0.25) is 9.59 Å². The summed E-state index contributed by atoms with van der Waals surface area (Å²) < 4.78 is 53.2. The Morgan fingerprint density at radius 1 is 0.659 bits per heavy atom. The van der Waals surface area contributed by atoms with Crippen LogP contribution < -0.4 is 18.9 Å². The first-order chi connectivity index (χ1) is 21.4. The Bertz CT molecular complexity index is 1560. The van der Waals surface area contributed by atoms with Crippen LogP contribution in [0.5, 0.6) is 23.5 Å². The van der Waals surface area contributed by atoms with Crippen molar-refractivity contribution in [2.75, 3.05) is 14.2 Å². The summed E-state index contributed by atoms with van der Waals surface area (Å²) in [5.74, 6) is 0.456. The van der Waals surface area contributed by atoms with Crippen LogP contribution in [0.3, 0.4) is 0 Å². The molecule has 4 aromatic rings. The third-order valence-corrected chi connectivity index (χ3v) is 7.65. The highest BCUT2D eigenvalue weighted by Crippen LogP contribution is 2.46. The lowest BCUT2D eigenvalue weighted by molar-refractivity contribution is 0.108. The van der Waals surface area contributed by atoms with Crippen LogP contribution in [0.15, 0.2) is 60.7 Å². The molecule has 8 nitrogen and oxygen atoms in total. The lowest BCUT2D eigenvalue weighted by Crippen LogP contribution is -2.15. The molecule has 2 aromatic carbocycles. The maximum Gasteiger partial charge on any atom is 0.227 e. The van der Waals surface area contributed by atoms with Crippen molar-refractivity contribution in [1.29, 1.82) is 0 Å². The van der Waals surface area contributed by atoms with E-state index < -0.39 is 24.6 Å². The monoisotopic (exact) mass is 602 g/mol. The van der Waals surface area contributed by atoms with E-state index in [1.54, 1.807) is 0 Å². The summed E-state index contributed by atoms with van der Waals surface area (Å²) in [5, 5.41) is 0. The molecule has 2 aromatic heterocycles. The average molecular weight is 603 g/mol. The van der Waals surface area contributed by atoms with Gasteiger partial charge in [-0.2, -0.15) is 9.97 Å². The Labute approximate surface area is 254 Å². The van der Waals surface area contributed by atoms with Crippen LogP contribution >= 0.6 is 0 Å². The van der Waals surface area contributed by atoms with Crippen LogP contribution in [-0.2, 0) is 12.8 Å². The molecule has 6 rings (SSSR count). The second kappa shape index (κ2) is 13.2. The minimum Gasteiger partial charge on any atom is -0.480 e. The number of aldehydes is 2. The zero-order chi connectivity index (χ0) is 31.4. The molecule has 0 unspecified atom stereocenters. The second-order valence-corrected chi connectivity index (χ2v) is 10.00. The molecular weight excluding hydrogens is 570 g/mol. The predicted octanol–water partition coefficient (Wildman–Crippen LogP) is 6.84. The highest BCUT2D eigenvalue weighted by molar-refractivity contribution is 5.79. The van der Waals surface area contributed by atoms with Crippen molar-refractivity contribution in [1.82, 2.24) is 9.97 Å². The molecule has 0 fully saturated rings. The fourth-order valence-corrected chi connectivity index (χ4v) is 5.74. The first-order valence-corrected chi connectivity index (χ1v) is 14.3. The number of aromatic nitrogens is 2. The van der Waals surface area contributed by atoms with Gasteiger partial charge in [-0.1, -0.05) is 50.2 Å². The number of pyridine rings is 2. The van der Waals surface area contributed by atoms with Crippen molar-refractivity contribution in [3.05, 3.63) is 94.0 Å². The molecule has 0 bridgehead atoms. The summed E-state index contributed by atoms with van der Waals surface area (Å²) in [6, 6.07) is 17.1. The molecule has 44 heavy (non-hydrogen) atoms. The van der Waals surface area contributed by atoms with Crippen LogP contribution in [0.1, 0.15) is 69.0 Å². The van der Waals surface area contributed by atoms with Crippen molar-refractivity contribution in [2.45, 2.75) is 51.2 Å². The smallest absolute Gasteiger partial charge is 0.227 e. The van der Waals surface area contributed by atoms with Crippen LogP contribution in [-0.4, -0.2) is 49.1 Å². The van der Waals surface area contributed by atoms with E-state index in [4.69, 9.17) is 18.9 Å². The summed E-state index contributed by atoms with van der Waals surface area (Å²) in [5.41, 5.74) is 5.00. The Morgan fingerprint density at radius 3 is 1.43 bits per heavy atom. The van der Waals surface area contributed by atoms with E-state index in [-0.39, 0.29) is 47.5 Å². The molecule has 2 aliphatic rings. The van der Waals surface area contributed by atoms with Gasteiger partial charge in [0.05, 0.1) is 25.3 Å². The van der Waals surface area contributed by atoms with E-state index in [9.17, 15) is 9.59 Å². The summed E-state index contributed by atoms with van der Waals surface area (Å²) in [7, 11) is 2.78. The molecule has 0 aliphatic heterocycles. The van der Waals surface area contributed by atoms with Crippen molar-refractivity contribution < 1.29 is 37.3 Å². The largest absolute Gasteiger partial charge is 0.480 e. The van der Waals surface area contributed by atoms with Gasteiger partial charge in [0.2, 0.25) is 23.5 Å². The van der Waals surface area contributed by atoms with Crippen LogP contribution in [0.2, 0.25) is 0 Å². The molecule has 2 aliphatic carbocycles. The minimum absolute atomic E-state index is 0.0932. The number of carbonyl (C=O) groups excluding carboxylic acids is 2. The van der Waals surface area contributed by atoms with E-state index in [2.05, 4.69) is 9.97 Å². The molecule has 0 saturated carbocycles. The topological polar surface area (TPSA) is 96.8 Å². The molecule has 4 atom stereocenters. The van der Waals surface area contributed by atoms with Crippen molar-refractivity contribution >= 4 is 12.6 Å². The molecule has 0 saturated heterocycles. The molecule has 228 valence electrons. The normalized spacial score (nSPS) is 19.6. The molecule has 0 N–H and O–H groups in total. The predicted molar refractivity (Wildman–Crippen MR) is 160 cm³/mol. The van der Waals surface area contributed by atoms with E-state index in [1.807, 2.05) is 50.2 Å². The minimum atomic E-state index is -1.35. The Hall–Kier alpha value is -4.86. The van der Waals surface area contributed by atoms with Crippen LogP contribution in [0.4, 0.5) is 8.78 Å². The number of alkyl halides is 2. The molecule has 0 spiro atoms. The fourth-order valence-electron chi connectivity index (χ4n) is 5.74. The zero-order valence-corrected chi connectivity index (χ0v) is 24.8. The fraction of sp³-hybridized carbons (Fsp3) is 0.294. The summed E-state index contributed by atoms with van der Waals surface area (Å²) in [6.45, 7) is 4.00. The Kier molecular flexibility index (Phi) is 9.18. The number of hydrogen-bond donors (Lipinski definition) is 0. The number of methoxy groups -OCH3 is 2. The van der Waals surface area contributed by atoms with Crippen LogP contribution in [0.25, 0.3) is 11.1 Å². The number of hydrogen-bond acceptors (Lipinski definition) is 8. The van der Waals surface area contributed by atoms with Gasteiger partial charge in [0.15, 0.2) is 24.8 Å². The first kappa shape index (κ1) is 30.6. The lowest BCUT2D eigenvalue weighted by Gasteiger charge is -2.18. The molecule has 2 heterocycles. The van der Waals surface area contributed by atoms with Gasteiger partial charge >= 0.3 is 0 Å². The van der Waals surface area contributed by atoms with Crippen molar-refractivity contribution in [3.8, 4) is 34.6 Å². The van der Waals surface area contributed by atoms with Gasteiger partial charge in [0, 0.05) is 25.0 Å². The van der Waals surface area contributed by atoms with Gasteiger partial charge in [-0.15, -0.1) is 0 Å². The Morgan fingerprint density at radius 2 is 1.07 bits per heavy atom. The van der Waals surface area contributed by atoms with E-state index in [0.29, 0.717) is 23.7 Å². The molecule has 0 radical (unpaired) electrons. The van der Waals surface area contributed by atoms with E-state index in [0.717, 1.165) is 22.3 Å². The third kappa shape index (κ3) is 5.59. The van der Waals surface area contributed by atoms with Crippen LogP contribution in [0, 0.1) is 0 Å². The maximum absolute atomic E-state index is 15.5. The maximum atomic E-state index is 15.5. The Balaban J connectivity index is 0.00000188. The number of ether oxygens (including phenoxy) is 4. The SMILES string of the molecule is CC.COc1nc(O[C@@H]2c3cccc(-c4cccc5c4C[C@H](F)[C@@H]5Oc4ccc(C=O)c(OC)n4)c3C[C@@H]2F)ccc1C=O.